The Labute approximate surface area is 90.4 Å². The van der Waals surface area contributed by atoms with Crippen LogP contribution in [0, 0.1) is 5.92 Å². The van der Waals surface area contributed by atoms with Crippen LogP contribution in [0.15, 0.2) is 24.3 Å². The topological polar surface area (TPSA) is 46.5 Å². The maximum absolute atomic E-state index is 10.6. The van der Waals surface area contributed by atoms with Gasteiger partial charge in [0.25, 0.3) is 0 Å². The molecule has 2 atom stereocenters. The summed E-state index contributed by atoms with van der Waals surface area (Å²) in [5.74, 6) is -0.0264. The molecule has 0 aromatic rings. The smallest absolute Gasteiger partial charge is 0.302 e. The molecule has 1 aliphatic rings. The van der Waals surface area contributed by atoms with Crippen LogP contribution in [0.5, 0.6) is 0 Å². The molecule has 0 bridgehead atoms. The van der Waals surface area contributed by atoms with E-state index in [0.29, 0.717) is 12.3 Å². The normalized spacial score (nSPS) is 29.9. The van der Waals surface area contributed by atoms with E-state index in [1.807, 2.05) is 13.0 Å². The average Bonchev–Trinajstić information content (AvgIpc) is 2.16. The lowest BCUT2D eigenvalue weighted by molar-refractivity contribution is -0.147. The second-order valence-corrected chi connectivity index (χ2v) is 4.23. The van der Waals surface area contributed by atoms with E-state index in [2.05, 4.69) is 6.58 Å². The fourth-order valence-electron chi connectivity index (χ4n) is 1.64. The van der Waals surface area contributed by atoms with Gasteiger partial charge in [0.2, 0.25) is 0 Å². The van der Waals surface area contributed by atoms with Gasteiger partial charge in [0.15, 0.2) is 0 Å². The number of carbonyl (C=O) groups is 1. The minimum Gasteiger partial charge on any atom is -0.462 e. The van der Waals surface area contributed by atoms with Crippen molar-refractivity contribution >= 4 is 5.97 Å². The van der Waals surface area contributed by atoms with Crippen molar-refractivity contribution in [2.24, 2.45) is 5.92 Å². The molecule has 3 heteroatoms. The number of allylic oxidation sites excluding steroid dienone is 2. The number of hydrogen-bond donors (Lipinski definition) is 1. The highest BCUT2D eigenvalue weighted by Gasteiger charge is 2.29. The number of aliphatic hydroxyl groups is 1. The molecule has 0 radical (unpaired) electrons. The largest absolute Gasteiger partial charge is 0.462 e. The summed E-state index contributed by atoms with van der Waals surface area (Å²) in [6.07, 6.45) is 5.12. The van der Waals surface area contributed by atoms with Gasteiger partial charge in [0, 0.05) is 6.92 Å². The molecule has 0 saturated heterocycles. The molecule has 0 spiro atoms. The first-order chi connectivity index (χ1) is 6.93. The number of hydrogen-bond acceptors (Lipinski definition) is 3. The predicted octanol–water partition coefficient (Wildman–Crippen LogP) is 1.82. The fraction of sp³-hybridized carbons (Fsp3) is 0.583. The van der Waals surface area contributed by atoms with Gasteiger partial charge in [0.1, 0.15) is 12.2 Å². The Hall–Kier alpha value is -1.09. The zero-order valence-corrected chi connectivity index (χ0v) is 9.32. The summed E-state index contributed by atoms with van der Waals surface area (Å²) in [5.41, 5.74) is 0.109. The zero-order valence-electron chi connectivity index (χ0n) is 9.32. The van der Waals surface area contributed by atoms with Crippen molar-refractivity contribution in [2.75, 3.05) is 6.61 Å². The van der Waals surface area contributed by atoms with Crippen LogP contribution in [-0.2, 0) is 9.53 Å². The summed E-state index contributed by atoms with van der Waals surface area (Å²) in [7, 11) is 0. The van der Waals surface area contributed by atoms with Gasteiger partial charge in [-0.1, -0.05) is 24.3 Å². The Morgan fingerprint density at radius 3 is 2.73 bits per heavy atom. The molecule has 1 N–H and O–H groups in total. The van der Waals surface area contributed by atoms with E-state index in [-0.39, 0.29) is 12.6 Å². The number of rotatable bonds is 3. The van der Waals surface area contributed by atoms with Crippen molar-refractivity contribution in [3.05, 3.63) is 24.3 Å². The molecule has 0 aromatic heterocycles. The lowest BCUT2D eigenvalue weighted by Gasteiger charge is -2.30. The van der Waals surface area contributed by atoms with Gasteiger partial charge in [-0.25, -0.2) is 0 Å². The van der Waals surface area contributed by atoms with Crippen LogP contribution in [0.2, 0.25) is 0 Å². The van der Waals surface area contributed by atoms with Crippen molar-refractivity contribution in [1.29, 1.82) is 0 Å². The summed E-state index contributed by atoms with van der Waals surface area (Å²) in [6.45, 7) is 7.24. The number of ether oxygens (including phenoxy) is 1. The van der Waals surface area contributed by atoms with Gasteiger partial charge in [-0.05, 0) is 25.7 Å². The fourth-order valence-corrected chi connectivity index (χ4v) is 1.64. The molecule has 3 nitrogen and oxygen atoms in total. The summed E-state index contributed by atoms with van der Waals surface area (Å²) in [5, 5.41) is 10.0. The summed E-state index contributed by atoms with van der Waals surface area (Å²) >= 11 is 0. The number of carbonyl (C=O) groups excluding carboxylic acids is 1. The Balaban J connectivity index is 2.55. The lowest BCUT2D eigenvalue weighted by atomic mass is 9.83. The Bertz CT molecular complexity index is 293. The standard InChI is InChI=1S/C12H18O3/c1-9(2)11-4-6-12(14,7-5-11)8-15-10(3)13/h4,6,11,14H,1,5,7-8H2,2-3H3/t11-,12?/m0/s1. The van der Waals surface area contributed by atoms with Crippen molar-refractivity contribution < 1.29 is 14.6 Å². The maximum Gasteiger partial charge on any atom is 0.302 e. The maximum atomic E-state index is 10.6. The van der Waals surface area contributed by atoms with Crippen molar-refractivity contribution in [2.45, 2.75) is 32.3 Å². The predicted molar refractivity (Wildman–Crippen MR) is 58.3 cm³/mol. The Morgan fingerprint density at radius 1 is 1.67 bits per heavy atom. The molecular weight excluding hydrogens is 192 g/mol. The first-order valence-corrected chi connectivity index (χ1v) is 5.13. The molecule has 1 rings (SSSR count). The highest BCUT2D eigenvalue weighted by Crippen LogP contribution is 2.29. The van der Waals surface area contributed by atoms with Gasteiger partial charge in [-0.2, -0.15) is 0 Å². The van der Waals surface area contributed by atoms with E-state index in [1.165, 1.54) is 6.92 Å². The van der Waals surface area contributed by atoms with E-state index in [0.717, 1.165) is 12.0 Å². The lowest BCUT2D eigenvalue weighted by Crippen LogP contribution is -2.36. The quantitative estimate of drug-likeness (QED) is 0.571. The second kappa shape index (κ2) is 4.62. The zero-order chi connectivity index (χ0) is 11.5. The molecule has 0 saturated carbocycles. The Kier molecular flexibility index (Phi) is 3.69. The molecule has 15 heavy (non-hydrogen) atoms. The highest BCUT2D eigenvalue weighted by molar-refractivity contribution is 5.66. The van der Waals surface area contributed by atoms with Gasteiger partial charge in [-0.3, -0.25) is 4.79 Å². The van der Waals surface area contributed by atoms with Gasteiger partial charge in [-0.15, -0.1) is 0 Å². The van der Waals surface area contributed by atoms with Crippen LogP contribution in [0.4, 0.5) is 0 Å². The van der Waals surface area contributed by atoms with Crippen molar-refractivity contribution in [3.8, 4) is 0 Å². The molecule has 0 fully saturated rings. The SMILES string of the molecule is C=C(C)[C@H]1C=CC(O)(COC(C)=O)CC1. The van der Waals surface area contributed by atoms with E-state index >= 15 is 0 Å². The van der Waals surface area contributed by atoms with Crippen LogP contribution >= 0.6 is 0 Å². The molecule has 0 aliphatic heterocycles. The monoisotopic (exact) mass is 210 g/mol. The van der Waals surface area contributed by atoms with Crippen LogP contribution in [0.1, 0.15) is 26.7 Å². The minimum atomic E-state index is -0.988. The summed E-state index contributed by atoms with van der Waals surface area (Å²) in [4.78, 5) is 10.6. The van der Waals surface area contributed by atoms with Crippen LogP contribution < -0.4 is 0 Å². The molecule has 0 heterocycles. The molecule has 1 aliphatic carbocycles. The minimum absolute atomic E-state index is 0.0434. The molecule has 84 valence electrons. The van der Waals surface area contributed by atoms with E-state index in [9.17, 15) is 9.90 Å². The van der Waals surface area contributed by atoms with Crippen molar-refractivity contribution in [3.63, 3.8) is 0 Å². The van der Waals surface area contributed by atoms with E-state index in [1.54, 1.807) is 6.08 Å². The first kappa shape index (κ1) is 12.0. The third-order valence-electron chi connectivity index (χ3n) is 2.69. The average molecular weight is 210 g/mol. The highest BCUT2D eigenvalue weighted by atomic mass is 16.5. The third-order valence-corrected chi connectivity index (χ3v) is 2.69. The van der Waals surface area contributed by atoms with E-state index < -0.39 is 5.60 Å². The Morgan fingerprint density at radius 2 is 2.33 bits per heavy atom. The van der Waals surface area contributed by atoms with E-state index in [4.69, 9.17) is 4.74 Å². The van der Waals surface area contributed by atoms with Crippen LogP contribution in [0.3, 0.4) is 0 Å². The van der Waals surface area contributed by atoms with Crippen LogP contribution in [0.25, 0.3) is 0 Å². The molecule has 0 aromatic carbocycles. The second-order valence-electron chi connectivity index (χ2n) is 4.23. The van der Waals surface area contributed by atoms with Crippen LogP contribution in [-0.4, -0.2) is 23.3 Å². The molecule has 0 amide bonds. The third kappa shape index (κ3) is 3.51. The first-order valence-electron chi connectivity index (χ1n) is 5.13. The van der Waals surface area contributed by atoms with Gasteiger partial charge in [0.05, 0.1) is 0 Å². The molecular formula is C12H18O3. The molecule has 1 unspecified atom stereocenters. The summed E-state index contributed by atoms with van der Waals surface area (Å²) in [6, 6.07) is 0. The van der Waals surface area contributed by atoms with Gasteiger partial charge >= 0.3 is 5.97 Å². The summed E-state index contributed by atoms with van der Waals surface area (Å²) < 4.78 is 4.82. The number of esters is 1. The van der Waals surface area contributed by atoms with Gasteiger partial charge < -0.3 is 9.84 Å². The van der Waals surface area contributed by atoms with Crippen molar-refractivity contribution in [1.82, 2.24) is 0 Å².